The monoisotopic (exact) mass is 499 g/mol. The first-order valence-electron chi connectivity index (χ1n) is 15.9. The number of carbonyl (C=O) groups excluding carboxylic acids is 1. The van der Waals surface area contributed by atoms with E-state index in [9.17, 15) is 4.79 Å². The van der Waals surface area contributed by atoms with E-state index in [1.807, 2.05) is 0 Å². The molecule has 4 aliphatic carbocycles. The van der Waals surface area contributed by atoms with Gasteiger partial charge in [-0.25, -0.2) is 4.79 Å². The summed E-state index contributed by atoms with van der Waals surface area (Å²) < 4.78 is 5.85. The number of amides is 1. The first-order valence-corrected chi connectivity index (χ1v) is 15.9. The maximum absolute atomic E-state index is 12.3. The number of alkyl carbamates (subject to hydrolysis) is 1. The minimum Gasteiger partial charge on any atom is -0.446 e. The van der Waals surface area contributed by atoms with E-state index in [-0.39, 0.29) is 12.2 Å². The fraction of sp³-hybridized carbons (Fsp3) is 0.909. The largest absolute Gasteiger partial charge is 0.446 e. The first kappa shape index (κ1) is 28.0. The molecule has 3 heteroatoms. The molecule has 1 amide bonds. The Labute approximate surface area is 223 Å². The van der Waals surface area contributed by atoms with Crippen LogP contribution in [0, 0.1) is 46.3 Å². The van der Waals surface area contributed by atoms with Crippen LogP contribution in [0.2, 0.25) is 0 Å². The highest BCUT2D eigenvalue weighted by atomic mass is 16.6. The van der Waals surface area contributed by atoms with Gasteiger partial charge in [0.15, 0.2) is 0 Å². The Morgan fingerprint density at radius 2 is 1.89 bits per heavy atom. The summed E-state index contributed by atoms with van der Waals surface area (Å²) in [6, 6.07) is 0. The third kappa shape index (κ3) is 5.56. The summed E-state index contributed by atoms with van der Waals surface area (Å²) in [4.78, 5) is 12.3. The van der Waals surface area contributed by atoms with Crippen molar-refractivity contribution in [3.63, 3.8) is 0 Å². The molecule has 0 radical (unpaired) electrons. The number of rotatable bonds is 10. The van der Waals surface area contributed by atoms with Crippen LogP contribution in [0.15, 0.2) is 11.6 Å². The van der Waals surface area contributed by atoms with Crippen LogP contribution in [0.1, 0.15) is 131 Å². The van der Waals surface area contributed by atoms with Gasteiger partial charge in [-0.15, -0.1) is 0 Å². The zero-order valence-electron chi connectivity index (χ0n) is 24.5. The minimum atomic E-state index is -0.213. The van der Waals surface area contributed by atoms with Gasteiger partial charge in [-0.2, -0.15) is 0 Å². The predicted molar refractivity (Wildman–Crippen MR) is 151 cm³/mol. The van der Waals surface area contributed by atoms with Crippen LogP contribution in [0.25, 0.3) is 0 Å². The second-order valence-electron chi connectivity index (χ2n) is 14.0. The summed E-state index contributed by atoms with van der Waals surface area (Å²) in [6.45, 7) is 15.3. The van der Waals surface area contributed by atoms with E-state index in [0.29, 0.717) is 10.8 Å². The lowest BCUT2D eigenvalue weighted by molar-refractivity contribution is -0.0520. The number of nitrogens with one attached hydrogen (secondary N) is 1. The minimum absolute atomic E-state index is 0.0602. The van der Waals surface area contributed by atoms with Crippen molar-refractivity contribution in [1.29, 1.82) is 0 Å². The Balaban J connectivity index is 1.36. The van der Waals surface area contributed by atoms with Gasteiger partial charge in [0.25, 0.3) is 0 Å². The summed E-state index contributed by atoms with van der Waals surface area (Å²) in [5, 5.41) is 2.94. The molecule has 3 saturated carbocycles. The molecule has 4 rings (SSSR count). The Morgan fingerprint density at radius 3 is 2.61 bits per heavy atom. The predicted octanol–water partition coefficient (Wildman–Crippen LogP) is 9.31. The Bertz CT molecular complexity index is 774. The molecule has 0 spiro atoms. The number of ether oxygens (including phenoxy) is 1. The van der Waals surface area contributed by atoms with E-state index in [4.69, 9.17) is 4.74 Å². The van der Waals surface area contributed by atoms with Crippen LogP contribution in [-0.2, 0) is 4.74 Å². The maximum Gasteiger partial charge on any atom is 0.407 e. The molecule has 8 unspecified atom stereocenters. The van der Waals surface area contributed by atoms with Gasteiger partial charge in [0.1, 0.15) is 6.10 Å². The summed E-state index contributed by atoms with van der Waals surface area (Å²) in [6.07, 6.45) is 20.5. The van der Waals surface area contributed by atoms with Crippen LogP contribution in [0.5, 0.6) is 0 Å². The van der Waals surface area contributed by atoms with E-state index in [1.165, 1.54) is 64.2 Å². The van der Waals surface area contributed by atoms with Crippen LogP contribution in [0.3, 0.4) is 0 Å². The number of hydrogen-bond donors (Lipinski definition) is 1. The molecule has 0 heterocycles. The first-order chi connectivity index (χ1) is 17.2. The standard InChI is InChI=1S/C33H57NO2/c1-7-9-21-34-31(35)36-27-17-19-33(6)26(22-27)13-15-28-29-16-14-25(32(29,5)20-18-30(28)33)12-10-11-24(8-2)23(3)4/h13,23-25,27-30H,7-12,14-22H2,1-6H3,(H,34,35). The number of fused-ring (bicyclic) bond motifs is 5. The molecular weight excluding hydrogens is 442 g/mol. The van der Waals surface area contributed by atoms with Gasteiger partial charge in [0.2, 0.25) is 0 Å². The van der Waals surface area contributed by atoms with Gasteiger partial charge in [-0.05, 0) is 104 Å². The van der Waals surface area contributed by atoms with Crippen LogP contribution >= 0.6 is 0 Å². The van der Waals surface area contributed by atoms with Gasteiger partial charge in [0.05, 0.1) is 0 Å². The highest BCUT2D eigenvalue weighted by Gasteiger charge is 2.58. The Kier molecular flexibility index (Phi) is 9.20. The van der Waals surface area contributed by atoms with Crippen molar-refractivity contribution in [3.8, 4) is 0 Å². The summed E-state index contributed by atoms with van der Waals surface area (Å²) in [7, 11) is 0. The van der Waals surface area contributed by atoms with E-state index in [1.54, 1.807) is 5.57 Å². The quantitative estimate of drug-likeness (QED) is 0.240. The van der Waals surface area contributed by atoms with Crippen molar-refractivity contribution in [1.82, 2.24) is 5.32 Å². The maximum atomic E-state index is 12.3. The van der Waals surface area contributed by atoms with Crippen LogP contribution in [-0.4, -0.2) is 18.7 Å². The highest BCUT2D eigenvalue weighted by molar-refractivity contribution is 5.67. The molecule has 8 atom stereocenters. The van der Waals surface area contributed by atoms with Crippen molar-refractivity contribution in [2.75, 3.05) is 6.54 Å². The average Bonchev–Trinajstić information content (AvgIpc) is 3.18. The van der Waals surface area contributed by atoms with Crippen LogP contribution < -0.4 is 5.32 Å². The molecule has 3 nitrogen and oxygen atoms in total. The molecular formula is C33H57NO2. The summed E-state index contributed by atoms with van der Waals surface area (Å²) >= 11 is 0. The van der Waals surface area contributed by atoms with Crippen molar-refractivity contribution >= 4 is 6.09 Å². The third-order valence-corrected chi connectivity index (χ3v) is 11.9. The summed E-state index contributed by atoms with van der Waals surface area (Å²) in [5.41, 5.74) is 2.50. The van der Waals surface area contributed by atoms with Crippen molar-refractivity contribution < 1.29 is 9.53 Å². The average molecular weight is 500 g/mol. The zero-order valence-corrected chi connectivity index (χ0v) is 24.5. The fourth-order valence-electron chi connectivity index (χ4n) is 9.51. The Hall–Kier alpha value is -0.990. The van der Waals surface area contributed by atoms with Gasteiger partial charge in [-0.1, -0.05) is 78.9 Å². The van der Waals surface area contributed by atoms with E-state index < -0.39 is 0 Å². The second-order valence-corrected chi connectivity index (χ2v) is 14.0. The molecule has 0 aromatic heterocycles. The number of hydrogen-bond acceptors (Lipinski definition) is 2. The zero-order chi connectivity index (χ0) is 25.9. The summed E-state index contributed by atoms with van der Waals surface area (Å²) in [5.74, 6) is 5.31. The number of unbranched alkanes of at least 4 members (excludes halogenated alkanes) is 1. The fourth-order valence-corrected chi connectivity index (χ4v) is 9.51. The number of allylic oxidation sites excluding steroid dienone is 1. The molecule has 1 N–H and O–H groups in total. The van der Waals surface area contributed by atoms with Gasteiger partial charge in [0, 0.05) is 13.0 Å². The van der Waals surface area contributed by atoms with Gasteiger partial charge < -0.3 is 10.1 Å². The lowest BCUT2D eigenvalue weighted by Gasteiger charge is -2.58. The van der Waals surface area contributed by atoms with Gasteiger partial charge >= 0.3 is 6.09 Å². The molecule has 3 fully saturated rings. The van der Waals surface area contributed by atoms with Gasteiger partial charge in [-0.3, -0.25) is 0 Å². The molecule has 36 heavy (non-hydrogen) atoms. The van der Waals surface area contributed by atoms with E-state index >= 15 is 0 Å². The molecule has 0 aromatic carbocycles. The van der Waals surface area contributed by atoms with E-state index in [2.05, 4.69) is 52.9 Å². The molecule has 4 aliphatic rings. The second kappa shape index (κ2) is 11.8. The molecule has 0 bridgehead atoms. The molecule has 0 aromatic rings. The van der Waals surface area contributed by atoms with Crippen molar-refractivity contribution in [3.05, 3.63) is 11.6 Å². The highest BCUT2D eigenvalue weighted by Crippen LogP contribution is 2.66. The normalized spacial score (nSPS) is 38.5. The Morgan fingerprint density at radius 1 is 1.08 bits per heavy atom. The molecule has 0 saturated heterocycles. The smallest absolute Gasteiger partial charge is 0.407 e. The van der Waals surface area contributed by atoms with Crippen molar-refractivity contribution in [2.45, 2.75) is 138 Å². The lowest BCUT2D eigenvalue weighted by Crippen LogP contribution is -2.50. The lowest BCUT2D eigenvalue weighted by atomic mass is 9.47. The van der Waals surface area contributed by atoms with E-state index in [0.717, 1.165) is 67.7 Å². The molecule has 0 aliphatic heterocycles. The SMILES string of the molecule is CCCCNC(=O)OC1CCC2(C)C(=CCC3C2CCC2(C)C(CCCC(CC)C(C)C)CCC32)C1. The third-order valence-electron chi connectivity index (χ3n) is 11.9. The topological polar surface area (TPSA) is 38.3 Å². The molecule has 206 valence electrons. The van der Waals surface area contributed by atoms with Crippen molar-refractivity contribution in [2.24, 2.45) is 46.3 Å². The van der Waals surface area contributed by atoms with Crippen LogP contribution in [0.4, 0.5) is 4.79 Å². The number of carbonyl (C=O) groups is 1.